The van der Waals surface area contributed by atoms with E-state index in [0.717, 1.165) is 12.1 Å². The molecule has 2 rings (SSSR count). The molecule has 0 amide bonds. The van der Waals surface area contributed by atoms with Crippen LogP contribution in [0.5, 0.6) is 0 Å². The fourth-order valence-corrected chi connectivity index (χ4v) is 2.05. The summed E-state index contributed by atoms with van der Waals surface area (Å²) >= 11 is 0. The first kappa shape index (κ1) is 13.1. The van der Waals surface area contributed by atoms with Crippen molar-refractivity contribution in [1.82, 2.24) is 0 Å². The number of alkyl halides is 3. The summed E-state index contributed by atoms with van der Waals surface area (Å²) in [6, 6.07) is 2.54. The number of halogens is 4. The Labute approximate surface area is 102 Å². The maximum atomic E-state index is 13.7. The van der Waals surface area contributed by atoms with Gasteiger partial charge in [-0.2, -0.15) is 13.2 Å². The van der Waals surface area contributed by atoms with E-state index in [1.807, 2.05) is 0 Å². The second-order valence-corrected chi connectivity index (χ2v) is 4.38. The lowest BCUT2D eigenvalue weighted by Gasteiger charge is -2.31. The summed E-state index contributed by atoms with van der Waals surface area (Å²) in [5.74, 6) is -0.874. The average Bonchev–Trinajstić information content (AvgIpc) is 2.29. The van der Waals surface area contributed by atoms with Gasteiger partial charge in [0.25, 0.3) is 0 Å². The van der Waals surface area contributed by atoms with E-state index in [0.29, 0.717) is 32.0 Å². The third-order valence-corrected chi connectivity index (χ3v) is 3.08. The molecule has 1 aliphatic heterocycles. The van der Waals surface area contributed by atoms with Crippen LogP contribution in [0.3, 0.4) is 0 Å². The van der Waals surface area contributed by atoms with Gasteiger partial charge in [0.05, 0.1) is 17.4 Å². The lowest BCUT2D eigenvalue weighted by Crippen LogP contribution is -2.36. The Morgan fingerprint density at radius 1 is 1.17 bits per heavy atom. The van der Waals surface area contributed by atoms with E-state index in [4.69, 9.17) is 0 Å². The molecule has 1 N–H and O–H groups in total. The van der Waals surface area contributed by atoms with Crippen molar-refractivity contribution < 1.29 is 22.7 Å². The molecular formula is C12H13F4NO. The first-order valence-electron chi connectivity index (χ1n) is 5.67. The number of benzene rings is 1. The number of nitrogens with zero attached hydrogens (tertiary/aromatic N) is 1. The Morgan fingerprint density at radius 2 is 1.78 bits per heavy atom. The molecule has 0 unspecified atom stereocenters. The van der Waals surface area contributed by atoms with Crippen molar-refractivity contribution in [2.24, 2.45) is 0 Å². The SMILES string of the molecule is OC1CCN(c2ccc(C(F)(F)F)cc2F)CC1. The van der Waals surface area contributed by atoms with Crippen LogP contribution in [-0.4, -0.2) is 24.3 Å². The minimum absolute atomic E-state index is 0.162. The van der Waals surface area contributed by atoms with Crippen molar-refractivity contribution in [1.29, 1.82) is 0 Å². The summed E-state index contributed by atoms with van der Waals surface area (Å²) in [6.45, 7) is 0.896. The fourth-order valence-electron chi connectivity index (χ4n) is 2.05. The molecule has 0 atom stereocenters. The molecule has 0 aromatic heterocycles. The maximum Gasteiger partial charge on any atom is 0.416 e. The van der Waals surface area contributed by atoms with Gasteiger partial charge in [0.15, 0.2) is 0 Å². The number of hydrogen-bond acceptors (Lipinski definition) is 2. The van der Waals surface area contributed by atoms with Gasteiger partial charge in [-0.15, -0.1) is 0 Å². The van der Waals surface area contributed by atoms with Gasteiger partial charge in [0.1, 0.15) is 5.82 Å². The number of piperidine rings is 1. The van der Waals surface area contributed by atoms with Gasteiger partial charge in [-0.1, -0.05) is 0 Å². The van der Waals surface area contributed by atoms with Crippen LogP contribution in [0.15, 0.2) is 18.2 Å². The van der Waals surface area contributed by atoms with Crippen molar-refractivity contribution in [3.8, 4) is 0 Å². The first-order chi connectivity index (χ1) is 8.38. The molecule has 1 aliphatic rings. The highest BCUT2D eigenvalue weighted by Gasteiger charge is 2.31. The molecule has 1 saturated heterocycles. The largest absolute Gasteiger partial charge is 0.416 e. The third kappa shape index (κ3) is 2.75. The molecule has 1 aromatic rings. The first-order valence-corrected chi connectivity index (χ1v) is 5.67. The second kappa shape index (κ2) is 4.76. The molecule has 0 spiro atoms. The normalized spacial score (nSPS) is 18.2. The van der Waals surface area contributed by atoms with Crippen LogP contribution in [0.1, 0.15) is 18.4 Å². The Kier molecular flexibility index (Phi) is 3.47. The zero-order chi connectivity index (χ0) is 13.3. The van der Waals surface area contributed by atoms with Crippen LogP contribution >= 0.6 is 0 Å². The van der Waals surface area contributed by atoms with Crippen LogP contribution in [0.2, 0.25) is 0 Å². The topological polar surface area (TPSA) is 23.5 Å². The molecule has 0 bridgehead atoms. The molecule has 0 radical (unpaired) electrons. The van der Waals surface area contributed by atoms with Crippen LogP contribution in [0.25, 0.3) is 0 Å². The summed E-state index contributed by atoms with van der Waals surface area (Å²) < 4.78 is 50.8. The predicted octanol–water partition coefficient (Wildman–Crippen LogP) is 2.81. The molecule has 0 aliphatic carbocycles. The minimum Gasteiger partial charge on any atom is -0.393 e. The fraction of sp³-hybridized carbons (Fsp3) is 0.500. The number of rotatable bonds is 1. The summed E-state index contributed by atoms with van der Waals surface area (Å²) in [5, 5.41) is 9.32. The number of anilines is 1. The quantitative estimate of drug-likeness (QED) is 0.787. The lowest BCUT2D eigenvalue weighted by molar-refractivity contribution is -0.137. The van der Waals surface area contributed by atoms with Crippen LogP contribution < -0.4 is 4.90 Å². The Balaban J connectivity index is 2.20. The van der Waals surface area contributed by atoms with Crippen molar-refractivity contribution in [3.05, 3.63) is 29.6 Å². The highest BCUT2D eigenvalue weighted by molar-refractivity contribution is 5.50. The van der Waals surface area contributed by atoms with E-state index in [-0.39, 0.29) is 5.69 Å². The summed E-state index contributed by atoms with van der Waals surface area (Å²) in [6.07, 6.45) is -3.93. The molecule has 100 valence electrons. The van der Waals surface area contributed by atoms with Crippen molar-refractivity contribution >= 4 is 5.69 Å². The van der Waals surface area contributed by atoms with Gasteiger partial charge < -0.3 is 10.0 Å². The molecule has 1 aromatic carbocycles. The molecule has 0 saturated carbocycles. The molecule has 1 fully saturated rings. The molecule has 1 heterocycles. The smallest absolute Gasteiger partial charge is 0.393 e. The highest BCUT2D eigenvalue weighted by Crippen LogP contribution is 2.32. The Hall–Kier alpha value is -1.30. The van der Waals surface area contributed by atoms with E-state index < -0.39 is 23.7 Å². The highest BCUT2D eigenvalue weighted by atomic mass is 19.4. The van der Waals surface area contributed by atoms with Gasteiger partial charge in [-0.25, -0.2) is 4.39 Å². The zero-order valence-electron chi connectivity index (χ0n) is 9.54. The third-order valence-electron chi connectivity index (χ3n) is 3.08. The van der Waals surface area contributed by atoms with Crippen LogP contribution in [0, 0.1) is 5.82 Å². The lowest BCUT2D eigenvalue weighted by atomic mass is 10.1. The number of aliphatic hydroxyl groups is 1. The van der Waals surface area contributed by atoms with Gasteiger partial charge in [-0.3, -0.25) is 0 Å². The summed E-state index contributed by atoms with van der Waals surface area (Å²) in [5.41, 5.74) is -0.823. The molecular weight excluding hydrogens is 250 g/mol. The minimum atomic E-state index is -4.53. The van der Waals surface area contributed by atoms with Crippen molar-refractivity contribution in [2.75, 3.05) is 18.0 Å². The van der Waals surface area contributed by atoms with Crippen LogP contribution in [-0.2, 0) is 6.18 Å². The van der Waals surface area contributed by atoms with E-state index in [2.05, 4.69) is 0 Å². The number of aliphatic hydroxyl groups excluding tert-OH is 1. The average molecular weight is 263 g/mol. The van der Waals surface area contributed by atoms with Gasteiger partial charge in [-0.05, 0) is 31.0 Å². The van der Waals surface area contributed by atoms with Gasteiger partial charge in [0.2, 0.25) is 0 Å². The van der Waals surface area contributed by atoms with Crippen LogP contribution in [0.4, 0.5) is 23.2 Å². The summed E-state index contributed by atoms with van der Waals surface area (Å²) in [7, 11) is 0. The summed E-state index contributed by atoms with van der Waals surface area (Å²) in [4.78, 5) is 1.65. The zero-order valence-corrected chi connectivity index (χ0v) is 9.54. The van der Waals surface area contributed by atoms with E-state index in [1.54, 1.807) is 4.90 Å². The second-order valence-electron chi connectivity index (χ2n) is 4.38. The molecule has 6 heteroatoms. The van der Waals surface area contributed by atoms with Gasteiger partial charge in [0, 0.05) is 13.1 Å². The van der Waals surface area contributed by atoms with E-state index >= 15 is 0 Å². The Bertz CT molecular complexity index is 425. The van der Waals surface area contributed by atoms with E-state index in [9.17, 15) is 22.7 Å². The Morgan fingerprint density at radius 3 is 2.28 bits per heavy atom. The predicted molar refractivity (Wildman–Crippen MR) is 58.9 cm³/mol. The molecule has 18 heavy (non-hydrogen) atoms. The standard InChI is InChI=1S/C12H13F4NO/c13-10-7-8(12(14,15)16)1-2-11(10)17-5-3-9(18)4-6-17/h1-2,7,9,18H,3-6H2. The van der Waals surface area contributed by atoms with Gasteiger partial charge >= 0.3 is 6.18 Å². The van der Waals surface area contributed by atoms with E-state index in [1.165, 1.54) is 0 Å². The monoisotopic (exact) mass is 263 g/mol. The van der Waals surface area contributed by atoms with Crippen molar-refractivity contribution in [2.45, 2.75) is 25.1 Å². The van der Waals surface area contributed by atoms with Crippen molar-refractivity contribution in [3.63, 3.8) is 0 Å². The number of hydrogen-bond donors (Lipinski definition) is 1. The molecule has 2 nitrogen and oxygen atoms in total. The maximum absolute atomic E-state index is 13.7.